The Balaban J connectivity index is 2.47. The zero-order valence-electron chi connectivity index (χ0n) is 39.2. The molecule has 0 aromatic rings. The van der Waals surface area contributed by atoms with E-state index in [0.717, 1.165) is 64.2 Å². The second-order valence-corrected chi connectivity index (χ2v) is 18.5. The number of carbonyl (C=O) groups excluding carboxylic acids is 2. The summed E-state index contributed by atoms with van der Waals surface area (Å²) in [6, 6.07) is 0. The molecule has 15 heteroatoms. The molecule has 9 atom stereocenters. The van der Waals surface area contributed by atoms with Crippen molar-refractivity contribution in [3.63, 3.8) is 0 Å². The molecule has 0 heterocycles. The van der Waals surface area contributed by atoms with E-state index in [0.29, 0.717) is 19.3 Å². The third-order valence-corrected chi connectivity index (χ3v) is 12.3. The molecular formula is C49H87O14P. The third-order valence-electron chi connectivity index (χ3n) is 11.3. The number of esters is 2. The van der Waals surface area contributed by atoms with Gasteiger partial charge in [0.05, 0.1) is 12.7 Å². The van der Waals surface area contributed by atoms with Gasteiger partial charge in [-0.3, -0.25) is 18.6 Å². The van der Waals surface area contributed by atoms with Crippen molar-refractivity contribution in [3.8, 4) is 0 Å². The second-order valence-electron chi connectivity index (χ2n) is 17.1. The van der Waals surface area contributed by atoms with Crippen molar-refractivity contribution in [3.05, 3.63) is 48.6 Å². The maximum absolute atomic E-state index is 12.8. The number of phosphoric ester groups is 1. The summed E-state index contributed by atoms with van der Waals surface area (Å²) in [5.74, 6) is -1.18. The van der Waals surface area contributed by atoms with Crippen LogP contribution in [-0.2, 0) is 32.7 Å². The van der Waals surface area contributed by atoms with Gasteiger partial charge < -0.3 is 45.0 Å². The van der Waals surface area contributed by atoms with Crippen molar-refractivity contribution >= 4 is 19.8 Å². The molecule has 1 aliphatic carbocycles. The summed E-state index contributed by atoms with van der Waals surface area (Å²) in [5.41, 5.74) is 0. The van der Waals surface area contributed by atoms with Crippen LogP contribution in [0.25, 0.3) is 0 Å². The van der Waals surface area contributed by atoms with Crippen LogP contribution in [-0.4, -0.2) is 110 Å². The van der Waals surface area contributed by atoms with Crippen LogP contribution in [0.4, 0.5) is 0 Å². The lowest BCUT2D eigenvalue weighted by Gasteiger charge is -2.41. The quantitative estimate of drug-likeness (QED) is 0.0132. The molecule has 0 amide bonds. The van der Waals surface area contributed by atoms with E-state index < -0.39 is 75.7 Å². The van der Waals surface area contributed by atoms with Gasteiger partial charge in [-0.05, 0) is 57.8 Å². The molecule has 1 saturated carbocycles. The van der Waals surface area contributed by atoms with Crippen LogP contribution in [0.3, 0.4) is 0 Å². The number of carbonyl (C=O) groups is 2. The Hall–Kier alpha value is -2.23. The zero-order chi connectivity index (χ0) is 47.3. The molecule has 3 unspecified atom stereocenters. The summed E-state index contributed by atoms with van der Waals surface area (Å²) < 4.78 is 33.5. The normalized spacial score (nSPS) is 22.5. The molecule has 1 fully saturated rings. The highest BCUT2D eigenvalue weighted by atomic mass is 31.2. The smallest absolute Gasteiger partial charge is 0.462 e. The van der Waals surface area contributed by atoms with Gasteiger partial charge in [0.15, 0.2) is 6.10 Å². The molecular weight excluding hydrogens is 843 g/mol. The minimum Gasteiger partial charge on any atom is -0.462 e. The Morgan fingerprint density at radius 1 is 0.547 bits per heavy atom. The van der Waals surface area contributed by atoms with E-state index in [4.69, 9.17) is 18.5 Å². The van der Waals surface area contributed by atoms with Crippen LogP contribution in [0.5, 0.6) is 0 Å². The molecule has 0 saturated heterocycles. The monoisotopic (exact) mass is 931 g/mol. The van der Waals surface area contributed by atoms with E-state index in [1.165, 1.54) is 77.0 Å². The highest BCUT2D eigenvalue weighted by Gasteiger charge is 2.51. The first-order valence-corrected chi connectivity index (χ1v) is 26.0. The predicted molar refractivity (Wildman–Crippen MR) is 250 cm³/mol. The lowest BCUT2D eigenvalue weighted by Crippen LogP contribution is -2.64. The van der Waals surface area contributed by atoms with Crippen molar-refractivity contribution in [2.45, 2.75) is 236 Å². The fourth-order valence-electron chi connectivity index (χ4n) is 7.20. The number of aliphatic hydroxyl groups is 6. The summed E-state index contributed by atoms with van der Waals surface area (Å²) in [4.78, 5) is 35.7. The third kappa shape index (κ3) is 30.9. The van der Waals surface area contributed by atoms with Crippen LogP contribution in [0.15, 0.2) is 48.6 Å². The van der Waals surface area contributed by atoms with Gasteiger partial charge in [0.1, 0.15) is 43.2 Å². The zero-order valence-corrected chi connectivity index (χ0v) is 40.1. The van der Waals surface area contributed by atoms with E-state index >= 15 is 0 Å². The first-order chi connectivity index (χ1) is 30.8. The second kappa shape index (κ2) is 38.8. The van der Waals surface area contributed by atoms with Gasteiger partial charge in [-0.15, -0.1) is 0 Å². The fraction of sp³-hybridized carbons (Fsp3) is 0.796. The number of allylic oxidation sites excluding steroid dienone is 8. The van der Waals surface area contributed by atoms with Gasteiger partial charge in [0.2, 0.25) is 0 Å². The van der Waals surface area contributed by atoms with Crippen LogP contribution >= 0.6 is 7.82 Å². The maximum Gasteiger partial charge on any atom is 0.472 e. The van der Waals surface area contributed by atoms with Crippen molar-refractivity contribution in [2.75, 3.05) is 13.2 Å². The van der Waals surface area contributed by atoms with Crippen molar-refractivity contribution < 1.29 is 68.2 Å². The summed E-state index contributed by atoms with van der Waals surface area (Å²) in [5, 5.41) is 59.8. The van der Waals surface area contributed by atoms with Crippen molar-refractivity contribution in [1.29, 1.82) is 0 Å². The average Bonchev–Trinajstić information content (AvgIpc) is 3.28. The largest absolute Gasteiger partial charge is 0.472 e. The summed E-state index contributed by atoms with van der Waals surface area (Å²) in [7, 11) is -5.14. The number of hydrogen-bond acceptors (Lipinski definition) is 13. The van der Waals surface area contributed by atoms with E-state index in [-0.39, 0.29) is 18.9 Å². The van der Waals surface area contributed by atoms with Gasteiger partial charge in [-0.25, -0.2) is 4.57 Å². The van der Waals surface area contributed by atoms with E-state index in [1.807, 2.05) is 19.1 Å². The number of ether oxygens (including phenoxy) is 2. The predicted octanol–water partition coefficient (Wildman–Crippen LogP) is 8.92. The number of rotatable bonds is 40. The Kier molecular flexibility index (Phi) is 36.3. The maximum atomic E-state index is 12.8. The molecule has 0 aromatic heterocycles. The van der Waals surface area contributed by atoms with Crippen LogP contribution in [0.2, 0.25) is 0 Å². The van der Waals surface area contributed by atoms with Gasteiger partial charge in [0, 0.05) is 12.8 Å². The highest BCUT2D eigenvalue weighted by Crippen LogP contribution is 2.47. The van der Waals surface area contributed by atoms with Gasteiger partial charge in [0.25, 0.3) is 0 Å². The first kappa shape index (κ1) is 59.8. The molecule has 1 aliphatic rings. The first-order valence-electron chi connectivity index (χ1n) is 24.5. The molecule has 64 heavy (non-hydrogen) atoms. The van der Waals surface area contributed by atoms with Crippen LogP contribution in [0, 0.1) is 0 Å². The lowest BCUT2D eigenvalue weighted by atomic mass is 9.85. The van der Waals surface area contributed by atoms with E-state index in [2.05, 4.69) is 43.4 Å². The van der Waals surface area contributed by atoms with Gasteiger partial charge in [-0.1, -0.05) is 165 Å². The Morgan fingerprint density at radius 3 is 1.45 bits per heavy atom. The number of unbranched alkanes of at least 4 members (excludes halogenated alkanes) is 17. The Labute approximate surface area is 384 Å². The topological polar surface area (TPSA) is 230 Å². The molecule has 1 rings (SSSR count). The summed E-state index contributed by atoms with van der Waals surface area (Å²) in [6.45, 7) is 2.99. The Morgan fingerprint density at radius 2 is 0.969 bits per heavy atom. The average molecular weight is 931 g/mol. The van der Waals surface area contributed by atoms with Gasteiger partial charge >= 0.3 is 19.8 Å². The van der Waals surface area contributed by atoms with Crippen molar-refractivity contribution in [2.24, 2.45) is 0 Å². The van der Waals surface area contributed by atoms with E-state index in [9.17, 15) is 49.7 Å². The molecule has 0 radical (unpaired) electrons. The minimum absolute atomic E-state index is 0.0783. The molecule has 14 nitrogen and oxygen atoms in total. The molecule has 0 aliphatic heterocycles. The molecule has 7 N–H and O–H groups in total. The lowest BCUT2D eigenvalue weighted by molar-refractivity contribution is -0.220. The van der Waals surface area contributed by atoms with Crippen molar-refractivity contribution in [1.82, 2.24) is 0 Å². The molecule has 0 aromatic carbocycles. The van der Waals surface area contributed by atoms with E-state index in [1.54, 1.807) is 0 Å². The SMILES string of the molecule is CCCCCCCCCCCCCCCCCCCC(=O)O[C@H](COC(=O)CCC/C=C\C/C=C\C/C=C\C/C=C\CC[C@@H](O)CC)COP(=O)(O)OC1[C@H](O)[C@H](O)C(O)[C@H](O)[C@H]1O. The van der Waals surface area contributed by atoms with Gasteiger partial charge in [-0.2, -0.15) is 0 Å². The summed E-state index contributed by atoms with van der Waals surface area (Å²) >= 11 is 0. The minimum atomic E-state index is -5.14. The Bertz CT molecular complexity index is 1320. The highest BCUT2D eigenvalue weighted by molar-refractivity contribution is 7.47. The fourth-order valence-corrected chi connectivity index (χ4v) is 8.17. The van der Waals surface area contributed by atoms with Crippen LogP contribution < -0.4 is 0 Å². The number of phosphoric acid groups is 1. The molecule has 0 bridgehead atoms. The summed E-state index contributed by atoms with van der Waals surface area (Å²) in [6.07, 6.45) is 29.6. The molecule has 0 spiro atoms. The van der Waals surface area contributed by atoms with Crippen LogP contribution in [0.1, 0.15) is 187 Å². The number of hydrogen-bond donors (Lipinski definition) is 7. The molecule has 372 valence electrons. The number of aliphatic hydroxyl groups excluding tert-OH is 6. The standard InChI is InChI=1S/C49H87O14P/c1-3-5-6-7-8-9-10-11-12-13-14-19-22-25-28-31-34-37-43(52)62-41(39-61-64(58,59)63-49-47(56)45(54)44(53)46(55)48(49)57)38-60-42(51)36-33-30-27-24-21-18-16-15-17-20-23-26-29-32-35-40(50)4-2/h16-18,20,24,26-27,29,40-41,44-50,53-57H,3-15,19,21-23,25,28,30-39H2,1-2H3,(H,58,59)/b18-16-,20-17-,27-24-,29-26-/t40-,41+,44?,45-,46+,47+,48+,49?/m0/s1.